The fourth-order valence-electron chi connectivity index (χ4n) is 3.91. The maximum absolute atomic E-state index is 14.3. The molecular formula is C21H29FN2O2S. The minimum Gasteiger partial charge on any atom is -0.380 e. The van der Waals surface area contributed by atoms with Crippen LogP contribution in [0.25, 0.3) is 10.1 Å². The molecule has 0 atom stereocenters. The van der Waals surface area contributed by atoms with Gasteiger partial charge >= 0.3 is 0 Å². The summed E-state index contributed by atoms with van der Waals surface area (Å²) in [5.41, 5.74) is 0.660. The summed E-state index contributed by atoms with van der Waals surface area (Å²) in [5.74, 6) is -0.353. The SMILES string of the molecule is COCc1c(C(=O)N(C)CCN(C)C2CCCCC2)sc2cccc(F)c12. The lowest BCUT2D eigenvalue weighted by molar-refractivity contribution is 0.0768. The van der Waals surface area contributed by atoms with Gasteiger partial charge in [0.25, 0.3) is 5.91 Å². The number of thiophene rings is 1. The van der Waals surface area contributed by atoms with E-state index in [0.717, 1.165) is 11.2 Å². The van der Waals surface area contributed by atoms with Crippen molar-refractivity contribution in [3.63, 3.8) is 0 Å². The van der Waals surface area contributed by atoms with Crippen molar-refractivity contribution in [2.45, 2.75) is 44.8 Å². The molecule has 0 aliphatic heterocycles. The Morgan fingerprint density at radius 1 is 1.22 bits per heavy atom. The molecule has 3 rings (SSSR count). The van der Waals surface area contributed by atoms with Crippen LogP contribution in [0.5, 0.6) is 0 Å². The zero-order chi connectivity index (χ0) is 19.4. The molecule has 1 aromatic heterocycles. The van der Waals surface area contributed by atoms with Gasteiger partial charge in [0.05, 0.1) is 11.5 Å². The summed E-state index contributed by atoms with van der Waals surface area (Å²) in [6.45, 7) is 1.75. The average molecular weight is 393 g/mol. The molecule has 0 bridgehead atoms. The molecule has 0 radical (unpaired) electrons. The van der Waals surface area contributed by atoms with Gasteiger partial charge in [0, 0.05) is 48.9 Å². The second kappa shape index (κ2) is 9.13. The van der Waals surface area contributed by atoms with Crippen molar-refractivity contribution in [3.8, 4) is 0 Å². The fraction of sp³-hybridized carbons (Fsp3) is 0.571. The molecule has 0 spiro atoms. The zero-order valence-electron chi connectivity index (χ0n) is 16.5. The summed E-state index contributed by atoms with van der Waals surface area (Å²) in [7, 11) is 5.55. The van der Waals surface area contributed by atoms with Gasteiger partial charge in [0.1, 0.15) is 5.82 Å². The molecule has 1 aliphatic rings. The summed E-state index contributed by atoms with van der Waals surface area (Å²) in [6, 6.07) is 5.60. The molecule has 0 N–H and O–H groups in total. The number of hydrogen-bond acceptors (Lipinski definition) is 4. The third-order valence-electron chi connectivity index (χ3n) is 5.58. The molecule has 6 heteroatoms. The van der Waals surface area contributed by atoms with Crippen LogP contribution < -0.4 is 0 Å². The second-order valence-corrected chi connectivity index (χ2v) is 8.51. The van der Waals surface area contributed by atoms with E-state index in [0.29, 0.717) is 28.4 Å². The van der Waals surface area contributed by atoms with Crippen molar-refractivity contribution in [1.82, 2.24) is 9.80 Å². The topological polar surface area (TPSA) is 32.8 Å². The molecule has 1 amide bonds. The molecule has 148 valence electrons. The normalized spacial score (nSPS) is 15.6. The Balaban J connectivity index is 1.72. The summed E-state index contributed by atoms with van der Waals surface area (Å²) >= 11 is 1.35. The van der Waals surface area contributed by atoms with E-state index in [4.69, 9.17) is 4.74 Å². The highest BCUT2D eigenvalue weighted by Gasteiger charge is 2.24. The quantitative estimate of drug-likeness (QED) is 0.694. The Morgan fingerprint density at radius 2 is 1.96 bits per heavy atom. The van der Waals surface area contributed by atoms with Gasteiger partial charge in [-0.25, -0.2) is 4.39 Å². The van der Waals surface area contributed by atoms with E-state index < -0.39 is 0 Å². The number of carbonyl (C=O) groups is 1. The molecule has 1 fully saturated rings. The first-order valence-electron chi connectivity index (χ1n) is 9.67. The van der Waals surface area contributed by atoms with Crippen LogP contribution in [0.3, 0.4) is 0 Å². The minimum absolute atomic E-state index is 0.0558. The Kier molecular flexibility index (Phi) is 6.84. The van der Waals surface area contributed by atoms with Crippen LogP contribution in [0.15, 0.2) is 18.2 Å². The second-order valence-electron chi connectivity index (χ2n) is 7.45. The van der Waals surface area contributed by atoms with Crippen molar-refractivity contribution in [2.75, 3.05) is 34.3 Å². The number of nitrogens with zero attached hydrogens (tertiary/aromatic N) is 2. The van der Waals surface area contributed by atoms with Crippen molar-refractivity contribution in [3.05, 3.63) is 34.5 Å². The summed E-state index contributed by atoms with van der Waals surface area (Å²) in [6.07, 6.45) is 6.45. The predicted molar refractivity (Wildman–Crippen MR) is 109 cm³/mol. The van der Waals surface area contributed by atoms with Crippen LogP contribution in [0.4, 0.5) is 4.39 Å². The van der Waals surface area contributed by atoms with Crippen LogP contribution in [-0.4, -0.2) is 56.0 Å². The molecule has 1 aromatic carbocycles. The number of carbonyl (C=O) groups excluding carboxylic acids is 1. The van der Waals surface area contributed by atoms with Gasteiger partial charge in [-0.2, -0.15) is 0 Å². The number of halogens is 1. The molecule has 4 nitrogen and oxygen atoms in total. The number of methoxy groups -OCH3 is 1. The van der Waals surface area contributed by atoms with Crippen molar-refractivity contribution in [2.24, 2.45) is 0 Å². The Morgan fingerprint density at radius 3 is 2.67 bits per heavy atom. The lowest BCUT2D eigenvalue weighted by atomic mass is 9.94. The van der Waals surface area contributed by atoms with Gasteiger partial charge in [0.2, 0.25) is 0 Å². The monoisotopic (exact) mass is 392 g/mol. The van der Waals surface area contributed by atoms with Crippen molar-refractivity contribution >= 4 is 27.3 Å². The first kappa shape index (κ1) is 20.2. The van der Waals surface area contributed by atoms with E-state index in [1.165, 1.54) is 49.5 Å². The minimum atomic E-state index is -0.297. The molecule has 0 unspecified atom stereocenters. The summed E-state index contributed by atoms with van der Waals surface area (Å²) in [5, 5.41) is 0.514. The molecule has 1 aliphatic carbocycles. The molecule has 0 saturated heterocycles. The van der Waals surface area contributed by atoms with Crippen molar-refractivity contribution < 1.29 is 13.9 Å². The average Bonchev–Trinajstić information content (AvgIpc) is 3.06. The van der Waals surface area contributed by atoms with E-state index in [9.17, 15) is 9.18 Å². The van der Waals surface area contributed by atoms with Gasteiger partial charge in [-0.05, 0) is 32.0 Å². The molecular weight excluding hydrogens is 363 g/mol. The van der Waals surface area contributed by atoms with Crippen LogP contribution in [0, 0.1) is 5.82 Å². The first-order chi connectivity index (χ1) is 13.0. The highest BCUT2D eigenvalue weighted by molar-refractivity contribution is 7.21. The predicted octanol–water partition coefficient (Wildman–Crippen LogP) is 4.52. The summed E-state index contributed by atoms with van der Waals surface area (Å²) < 4.78 is 20.4. The first-order valence-corrected chi connectivity index (χ1v) is 10.5. The lowest BCUT2D eigenvalue weighted by Gasteiger charge is -2.32. The highest BCUT2D eigenvalue weighted by Crippen LogP contribution is 2.34. The number of fused-ring (bicyclic) bond motifs is 1. The standard InChI is InChI=1S/C21H29FN2O2S/c1-23(15-8-5-4-6-9-15)12-13-24(2)21(25)20-16(14-26-3)19-17(22)10-7-11-18(19)27-20/h7,10-11,15H,4-6,8-9,12-14H2,1-3H3. The van der Waals surface area contributed by atoms with Crippen molar-refractivity contribution in [1.29, 1.82) is 0 Å². The number of ether oxygens (including phenoxy) is 1. The van der Waals surface area contributed by atoms with E-state index >= 15 is 0 Å². The smallest absolute Gasteiger partial charge is 0.264 e. The summed E-state index contributed by atoms with van der Waals surface area (Å²) in [4.78, 5) is 17.8. The van der Waals surface area contributed by atoms with E-state index in [1.807, 2.05) is 13.1 Å². The Bertz CT molecular complexity index is 786. The van der Waals surface area contributed by atoms with Crippen LogP contribution >= 0.6 is 11.3 Å². The number of amides is 1. The number of likely N-dealkylation sites (N-methyl/N-ethyl adjacent to an activating group) is 2. The van der Waals surface area contributed by atoms with Gasteiger partial charge in [-0.1, -0.05) is 25.3 Å². The van der Waals surface area contributed by atoms with Crippen LogP contribution in [0.1, 0.15) is 47.3 Å². The van der Waals surface area contributed by atoms with Crippen LogP contribution in [-0.2, 0) is 11.3 Å². The van der Waals surface area contributed by atoms with Crippen LogP contribution in [0.2, 0.25) is 0 Å². The third-order valence-corrected chi connectivity index (χ3v) is 6.76. The Labute approximate surface area is 164 Å². The van der Waals surface area contributed by atoms with E-state index in [-0.39, 0.29) is 18.3 Å². The highest BCUT2D eigenvalue weighted by atomic mass is 32.1. The van der Waals surface area contributed by atoms with Gasteiger partial charge in [-0.15, -0.1) is 11.3 Å². The number of hydrogen-bond donors (Lipinski definition) is 0. The number of rotatable bonds is 7. The van der Waals surface area contributed by atoms with E-state index in [1.54, 1.807) is 18.1 Å². The molecule has 2 aromatic rings. The van der Waals surface area contributed by atoms with Gasteiger partial charge < -0.3 is 14.5 Å². The molecule has 27 heavy (non-hydrogen) atoms. The van der Waals surface area contributed by atoms with E-state index in [2.05, 4.69) is 11.9 Å². The number of benzene rings is 1. The largest absolute Gasteiger partial charge is 0.380 e. The molecule has 1 heterocycles. The maximum Gasteiger partial charge on any atom is 0.264 e. The van der Waals surface area contributed by atoms with Gasteiger partial charge in [-0.3, -0.25) is 4.79 Å². The van der Waals surface area contributed by atoms with Gasteiger partial charge in [0.15, 0.2) is 0 Å². The lowest BCUT2D eigenvalue weighted by Crippen LogP contribution is -2.40. The Hall–Kier alpha value is -1.50. The molecule has 1 saturated carbocycles. The third kappa shape index (κ3) is 4.50. The zero-order valence-corrected chi connectivity index (χ0v) is 17.3. The maximum atomic E-state index is 14.3. The fourth-order valence-corrected chi connectivity index (χ4v) is 5.13.